The van der Waals surface area contributed by atoms with E-state index in [9.17, 15) is 48.2 Å². The first-order valence-corrected chi connectivity index (χ1v) is 12.0. The number of hydrogen-bond acceptors (Lipinski definition) is 14. The highest BCUT2D eigenvalue weighted by atomic mass is 31.3. The third kappa shape index (κ3) is 6.24. The molecular formula is C10H14N2O15P3-3. The van der Waals surface area contributed by atoms with E-state index < -0.39 is 65.7 Å². The summed E-state index contributed by atoms with van der Waals surface area (Å²) in [6.07, 6.45) is -5.86. The van der Waals surface area contributed by atoms with Gasteiger partial charge in [-0.3, -0.25) is 23.1 Å². The van der Waals surface area contributed by atoms with Crippen LogP contribution in [0.1, 0.15) is 11.7 Å². The molecule has 17 nitrogen and oxygen atoms in total. The topological polar surface area (TPSA) is 273 Å². The van der Waals surface area contributed by atoms with Crippen LogP contribution in [0.25, 0.3) is 0 Å². The fourth-order valence-corrected chi connectivity index (χ4v) is 5.28. The molecule has 172 valence electrons. The number of nitrogens with one attached hydrogen (secondary N) is 1. The summed E-state index contributed by atoms with van der Waals surface area (Å²) in [5.41, 5.74) is -1.96. The fourth-order valence-electron chi connectivity index (χ4n) is 2.38. The van der Waals surface area contributed by atoms with E-state index in [2.05, 4.69) is 18.1 Å². The highest BCUT2D eigenvalue weighted by Gasteiger charge is 2.45. The summed E-state index contributed by atoms with van der Waals surface area (Å²) in [4.78, 5) is 66.9. The molecule has 1 saturated heterocycles. The lowest BCUT2D eigenvalue weighted by molar-refractivity contribution is -0.250. The summed E-state index contributed by atoms with van der Waals surface area (Å²) in [7, 11) is -16.7. The molecule has 4 N–H and O–H groups in total. The second-order valence-electron chi connectivity index (χ2n) is 5.81. The Labute approximate surface area is 165 Å². The summed E-state index contributed by atoms with van der Waals surface area (Å²) in [5, 5.41) is 20.0. The van der Waals surface area contributed by atoms with Gasteiger partial charge in [-0.25, -0.2) is 13.4 Å². The molecule has 2 heterocycles. The minimum absolute atomic E-state index is 0.292. The summed E-state index contributed by atoms with van der Waals surface area (Å²) >= 11 is 0. The Kier molecular flexibility index (Phi) is 7.44. The summed E-state index contributed by atoms with van der Waals surface area (Å²) < 4.78 is 49.5. The summed E-state index contributed by atoms with van der Waals surface area (Å²) in [5.74, 6) is 0. The summed E-state index contributed by atoms with van der Waals surface area (Å²) in [6, 6.07) is 0. The van der Waals surface area contributed by atoms with E-state index in [0.29, 0.717) is 4.57 Å². The third-order valence-electron chi connectivity index (χ3n) is 3.68. The zero-order chi connectivity index (χ0) is 23.1. The van der Waals surface area contributed by atoms with Crippen molar-refractivity contribution in [1.29, 1.82) is 0 Å². The van der Waals surface area contributed by atoms with Gasteiger partial charge in [0, 0.05) is 13.2 Å². The molecule has 1 aromatic heterocycles. The first kappa shape index (κ1) is 25.2. The fraction of sp³-hybridized carbons (Fsp3) is 0.600. The van der Waals surface area contributed by atoms with Crippen LogP contribution in [0.2, 0.25) is 0 Å². The van der Waals surface area contributed by atoms with Crippen molar-refractivity contribution in [2.45, 2.75) is 24.4 Å². The van der Waals surface area contributed by atoms with Crippen molar-refractivity contribution >= 4 is 23.5 Å². The number of phosphoric ester groups is 1. The number of rotatable bonds is 8. The van der Waals surface area contributed by atoms with Gasteiger partial charge in [0.25, 0.3) is 29.0 Å². The second kappa shape index (κ2) is 8.84. The Morgan fingerprint density at radius 1 is 1.13 bits per heavy atom. The molecule has 0 saturated carbocycles. The standard InChI is InChI=1S/C10H17N2O15P3/c1-12-9(15)4(2-11-10(12)16)8-7(14)6(13)5(25-8)3-24-29(20,21)27-30(22,23)26-28(17,18)19/h2,5-8,13-14H,3H2,1H3,(H,11,16)(H,20,21)(H,22,23)(H2,17,18,19)/p-3/t5-,6+,7?,8+/m1/s1. The number of nitrogens with zero attached hydrogens (tertiary/aromatic N) is 1. The number of aliphatic hydroxyl groups is 2. The number of ether oxygens (including phenoxy) is 1. The molecule has 0 aromatic carbocycles. The Morgan fingerprint density at radius 2 is 1.73 bits per heavy atom. The van der Waals surface area contributed by atoms with Crippen LogP contribution in [0, 0.1) is 0 Å². The van der Waals surface area contributed by atoms with Crippen LogP contribution in [0.3, 0.4) is 0 Å². The van der Waals surface area contributed by atoms with Gasteiger partial charge in [-0.05, 0) is 0 Å². The lowest BCUT2D eigenvalue weighted by Crippen LogP contribution is -2.37. The Hall–Kier alpha value is -1.03. The summed E-state index contributed by atoms with van der Waals surface area (Å²) in [6.45, 7) is -1.15. The largest absolute Gasteiger partial charge is 0.756 e. The maximum atomic E-state index is 12.1. The highest BCUT2D eigenvalue weighted by molar-refractivity contribution is 7.65. The quantitative estimate of drug-likeness (QED) is 0.248. The van der Waals surface area contributed by atoms with Crippen LogP contribution in [-0.2, 0) is 38.6 Å². The van der Waals surface area contributed by atoms with Crippen molar-refractivity contribution < 1.29 is 61.4 Å². The molecule has 0 aliphatic carbocycles. The highest BCUT2D eigenvalue weighted by Crippen LogP contribution is 2.61. The van der Waals surface area contributed by atoms with Gasteiger partial charge in [0.05, 0.1) is 12.2 Å². The van der Waals surface area contributed by atoms with E-state index >= 15 is 0 Å². The van der Waals surface area contributed by atoms with Crippen LogP contribution >= 0.6 is 23.5 Å². The Bertz CT molecular complexity index is 1040. The molecule has 7 atom stereocenters. The molecule has 2 rings (SSSR count). The second-order valence-corrected chi connectivity index (χ2v) is 10.1. The van der Waals surface area contributed by atoms with E-state index in [4.69, 9.17) is 9.63 Å². The van der Waals surface area contributed by atoms with Gasteiger partial charge in [0.2, 0.25) is 0 Å². The molecule has 1 fully saturated rings. The van der Waals surface area contributed by atoms with Crippen LogP contribution in [-0.4, -0.2) is 49.6 Å². The molecule has 20 heteroatoms. The molecule has 1 aliphatic heterocycles. The molecule has 4 unspecified atom stereocenters. The number of phosphoric acid groups is 3. The predicted octanol–water partition coefficient (Wildman–Crippen LogP) is -4.32. The van der Waals surface area contributed by atoms with E-state index in [1.165, 1.54) is 0 Å². The first-order chi connectivity index (χ1) is 13.5. The minimum atomic E-state index is -6.11. The Morgan fingerprint density at radius 3 is 2.30 bits per heavy atom. The van der Waals surface area contributed by atoms with E-state index in [0.717, 1.165) is 13.2 Å². The van der Waals surface area contributed by atoms with Gasteiger partial charge in [-0.2, -0.15) is 0 Å². The predicted molar refractivity (Wildman–Crippen MR) is 85.1 cm³/mol. The number of aromatic nitrogens is 2. The van der Waals surface area contributed by atoms with E-state index in [-0.39, 0.29) is 5.56 Å². The SMILES string of the molecule is Cn1c(=O)[nH]cc([C@@H]2O[C@H](COP(=O)([O-])OP(=O)([O-])OP(=O)([O-])O)[C@H](O)C2O)c1=O. The molecule has 0 bridgehead atoms. The lowest BCUT2D eigenvalue weighted by Gasteiger charge is -2.33. The van der Waals surface area contributed by atoms with Crippen molar-refractivity contribution in [3.63, 3.8) is 0 Å². The number of H-pyrrole nitrogens is 1. The molecule has 1 aromatic rings. The van der Waals surface area contributed by atoms with Crippen LogP contribution in [0.4, 0.5) is 0 Å². The molecule has 0 spiro atoms. The zero-order valence-electron chi connectivity index (χ0n) is 14.6. The number of aliphatic hydroxyl groups excluding tert-OH is 2. The number of hydrogen-bond donors (Lipinski definition) is 4. The van der Waals surface area contributed by atoms with E-state index in [1.54, 1.807) is 0 Å². The normalized spacial score (nSPS) is 30.4. The third-order valence-corrected chi connectivity index (χ3v) is 7.37. The molecule has 0 radical (unpaired) electrons. The van der Waals surface area contributed by atoms with Crippen LogP contribution in [0.15, 0.2) is 15.8 Å². The maximum absolute atomic E-state index is 12.1. The van der Waals surface area contributed by atoms with Crippen molar-refractivity contribution in [3.05, 3.63) is 32.6 Å². The minimum Gasteiger partial charge on any atom is -0.756 e. The zero-order valence-corrected chi connectivity index (χ0v) is 17.3. The number of aromatic amines is 1. The monoisotopic (exact) mass is 495 g/mol. The van der Waals surface area contributed by atoms with Gasteiger partial charge in [-0.1, -0.05) is 0 Å². The van der Waals surface area contributed by atoms with Crippen molar-refractivity contribution in [3.8, 4) is 0 Å². The molecule has 1 aliphatic rings. The van der Waals surface area contributed by atoms with Gasteiger partial charge in [0.15, 0.2) is 0 Å². The molecule has 30 heavy (non-hydrogen) atoms. The van der Waals surface area contributed by atoms with Gasteiger partial charge in [-0.15, -0.1) is 0 Å². The smallest absolute Gasteiger partial charge is 0.328 e. The van der Waals surface area contributed by atoms with Gasteiger partial charge < -0.3 is 44.0 Å². The average Bonchev–Trinajstić information content (AvgIpc) is 2.83. The first-order valence-electron chi connectivity index (χ1n) is 7.56. The molecular weight excluding hydrogens is 481 g/mol. The van der Waals surface area contributed by atoms with Crippen molar-refractivity contribution in [1.82, 2.24) is 9.55 Å². The molecule has 0 amide bonds. The van der Waals surface area contributed by atoms with Gasteiger partial charge >= 0.3 is 5.69 Å². The van der Waals surface area contributed by atoms with E-state index in [1.807, 2.05) is 0 Å². The van der Waals surface area contributed by atoms with Crippen molar-refractivity contribution in [2.24, 2.45) is 7.05 Å². The average molecular weight is 495 g/mol. The van der Waals surface area contributed by atoms with Gasteiger partial charge in [0.1, 0.15) is 24.4 Å². The maximum Gasteiger partial charge on any atom is 0.328 e. The van der Waals surface area contributed by atoms with Crippen LogP contribution < -0.4 is 25.9 Å². The Balaban J connectivity index is 2.09. The van der Waals surface area contributed by atoms with Crippen LogP contribution in [0.5, 0.6) is 0 Å². The van der Waals surface area contributed by atoms with Crippen molar-refractivity contribution in [2.75, 3.05) is 6.61 Å². The lowest BCUT2D eigenvalue weighted by atomic mass is 10.0.